The van der Waals surface area contributed by atoms with Gasteiger partial charge in [-0.3, -0.25) is 14.5 Å². The van der Waals surface area contributed by atoms with Crippen molar-refractivity contribution in [3.05, 3.63) is 65.2 Å². The fraction of sp³-hybridized carbons (Fsp3) is 0.222. The van der Waals surface area contributed by atoms with Crippen LogP contribution in [-0.4, -0.2) is 24.4 Å². The Kier molecular flexibility index (Phi) is 4.29. The van der Waals surface area contributed by atoms with Crippen molar-refractivity contribution in [2.45, 2.75) is 19.4 Å². The first-order valence-electron chi connectivity index (χ1n) is 7.67. The molecule has 1 aliphatic rings. The minimum atomic E-state index is -0.945. The number of fused-ring (bicyclic) bond motifs is 1. The van der Waals surface area contributed by atoms with Gasteiger partial charge < -0.3 is 5.32 Å². The quantitative estimate of drug-likeness (QED) is 0.941. The number of para-hydroxylation sites is 1. The predicted octanol–water partition coefficient (Wildman–Crippen LogP) is 2.67. The Bertz CT molecular complexity index is 787. The lowest BCUT2D eigenvalue weighted by Crippen LogP contribution is -2.48. The highest BCUT2D eigenvalue weighted by molar-refractivity contribution is 6.11. The molecule has 0 radical (unpaired) electrons. The summed E-state index contributed by atoms with van der Waals surface area (Å²) in [5.41, 5.74) is 0.642. The summed E-state index contributed by atoms with van der Waals surface area (Å²) in [6, 6.07) is 9.41. The number of carbonyl (C=O) groups excluding carboxylic acids is 2. The Morgan fingerprint density at radius 1 is 1.12 bits per heavy atom. The molecule has 1 unspecified atom stereocenters. The molecule has 0 spiro atoms. The first-order chi connectivity index (χ1) is 11.5. The highest BCUT2D eigenvalue weighted by Gasteiger charge is 2.39. The number of halogens is 2. The molecule has 1 N–H and O–H groups in total. The topological polar surface area (TPSA) is 49.4 Å². The van der Waals surface area contributed by atoms with E-state index in [-0.39, 0.29) is 5.91 Å². The molecule has 4 nitrogen and oxygen atoms in total. The summed E-state index contributed by atoms with van der Waals surface area (Å²) in [6.45, 7) is 2.17. The molecule has 3 rings (SSSR count). The maximum atomic E-state index is 14.0. The van der Waals surface area contributed by atoms with Gasteiger partial charge in [-0.05, 0) is 30.7 Å². The summed E-state index contributed by atoms with van der Waals surface area (Å²) < 4.78 is 28.0. The van der Waals surface area contributed by atoms with Crippen molar-refractivity contribution in [2.24, 2.45) is 0 Å². The van der Waals surface area contributed by atoms with Gasteiger partial charge in [-0.15, -0.1) is 0 Å². The van der Waals surface area contributed by atoms with Gasteiger partial charge in [0.15, 0.2) is 0 Å². The number of hydrogen-bond donors (Lipinski definition) is 1. The minimum Gasteiger partial charge on any atom is -0.355 e. The molecule has 1 aliphatic heterocycles. The summed E-state index contributed by atoms with van der Waals surface area (Å²) in [5.74, 6) is -3.09. The van der Waals surface area contributed by atoms with Crippen LogP contribution in [0.3, 0.4) is 0 Å². The van der Waals surface area contributed by atoms with Crippen LogP contribution in [0.4, 0.5) is 14.5 Å². The third-order valence-corrected chi connectivity index (χ3v) is 4.03. The van der Waals surface area contributed by atoms with Gasteiger partial charge in [0.1, 0.15) is 23.2 Å². The Morgan fingerprint density at radius 3 is 2.46 bits per heavy atom. The number of hydrogen-bond acceptors (Lipinski definition) is 2. The van der Waals surface area contributed by atoms with Crippen LogP contribution in [0.15, 0.2) is 42.5 Å². The van der Waals surface area contributed by atoms with Crippen LogP contribution in [0.1, 0.15) is 22.8 Å². The van der Waals surface area contributed by atoms with Gasteiger partial charge >= 0.3 is 0 Å². The van der Waals surface area contributed by atoms with Crippen molar-refractivity contribution in [2.75, 3.05) is 11.4 Å². The van der Waals surface area contributed by atoms with Gasteiger partial charge in [0.2, 0.25) is 5.91 Å². The largest absolute Gasteiger partial charge is 0.355 e. The number of benzene rings is 2. The Balaban J connectivity index is 2.07. The highest BCUT2D eigenvalue weighted by atomic mass is 19.1. The van der Waals surface area contributed by atoms with E-state index in [1.165, 1.54) is 11.0 Å². The zero-order valence-corrected chi connectivity index (χ0v) is 13.1. The number of nitrogens with zero attached hydrogens (tertiary/aromatic N) is 1. The first-order valence-corrected chi connectivity index (χ1v) is 7.67. The lowest BCUT2D eigenvalue weighted by atomic mass is 10.1. The number of rotatable bonds is 3. The molecule has 2 aromatic rings. The second-order valence-corrected chi connectivity index (χ2v) is 5.52. The predicted molar refractivity (Wildman–Crippen MR) is 85.8 cm³/mol. The molecule has 1 atom stereocenters. The van der Waals surface area contributed by atoms with Gasteiger partial charge in [0.05, 0.1) is 0 Å². The van der Waals surface area contributed by atoms with Crippen molar-refractivity contribution in [3.63, 3.8) is 0 Å². The number of amides is 2. The van der Waals surface area contributed by atoms with Crippen molar-refractivity contribution in [3.8, 4) is 0 Å². The van der Waals surface area contributed by atoms with Gasteiger partial charge in [0, 0.05) is 18.7 Å². The lowest BCUT2D eigenvalue weighted by molar-refractivity contribution is -0.122. The first kappa shape index (κ1) is 16.1. The van der Waals surface area contributed by atoms with Crippen LogP contribution in [0, 0.1) is 11.6 Å². The Labute approximate surface area is 138 Å². The SMILES string of the molecule is CCNC(=O)C1Cc2ccccc2N1C(=O)c1c(F)cccc1F. The molecule has 0 fully saturated rings. The standard InChI is InChI=1S/C18H16F2N2O2/c1-2-21-17(23)15-10-11-6-3-4-9-14(11)22(15)18(24)16-12(19)7-5-8-13(16)20/h3-9,15H,2,10H2,1H3,(H,21,23). The van der Waals surface area contributed by atoms with E-state index in [2.05, 4.69) is 5.32 Å². The van der Waals surface area contributed by atoms with Gasteiger partial charge in [0.25, 0.3) is 5.91 Å². The average Bonchev–Trinajstić information content (AvgIpc) is 2.94. The van der Waals surface area contributed by atoms with Crippen LogP contribution in [0.2, 0.25) is 0 Å². The van der Waals surface area contributed by atoms with Crippen molar-refractivity contribution in [1.82, 2.24) is 5.32 Å². The number of likely N-dealkylation sites (N-methyl/N-ethyl adjacent to an activating group) is 1. The molecule has 124 valence electrons. The molecule has 0 saturated heterocycles. The normalized spacial score (nSPS) is 16.0. The molecule has 24 heavy (non-hydrogen) atoms. The van der Waals surface area contributed by atoms with E-state index in [1.54, 1.807) is 31.2 Å². The summed E-state index contributed by atoms with van der Waals surface area (Å²) in [6.07, 6.45) is 0.309. The second kappa shape index (κ2) is 6.39. The van der Waals surface area contributed by atoms with Crippen LogP contribution in [0.25, 0.3) is 0 Å². The summed E-state index contributed by atoms with van der Waals surface area (Å²) in [7, 11) is 0. The molecular weight excluding hydrogens is 314 g/mol. The van der Waals surface area contributed by atoms with E-state index in [9.17, 15) is 18.4 Å². The third-order valence-electron chi connectivity index (χ3n) is 4.03. The zero-order chi connectivity index (χ0) is 17.3. The molecule has 0 aromatic heterocycles. The molecule has 6 heteroatoms. The van der Waals surface area contributed by atoms with Crippen molar-refractivity contribution >= 4 is 17.5 Å². The molecule has 2 aromatic carbocycles. The van der Waals surface area contributed by atoms with E-state index in [1.807, 2.05) is 0 Å². The minimum absolute atomic E-state index is 0.309. The maximum Gasteiger partial charge on any atom is 0.265 e. The third kappa shape index (κ3) is 2.64. The van der Waals surface area contributed by atoms with Crippen molar-refractivity contribution in [1.29, 1.82) is 0 Å². The summed E-state index contributed by atoms with van der Waals surface area (Å²) in [4.78, 5) is 26.4. The molecular formula is C18H16F2N2O2. The summed E-state index contributed by atoms with van der Waals surface area (Å²) in [5, 5.41) is 2.67. The van der Waals surface area contributed by atoms with Gasteiger partial charge in [-0.25, -0.2) is 8.78 Å². The van der Waals surface area contributed by atoms with Gasteiger partial charge in [-0.2, -0.15) is 0 Å². The molecule has 1 heterocycles. The Morgan fingerprint density at radius 2 is 1.79 bits per heavy atom. The van der Waals surface area contributed by atoms with E-state index in [4.69, 9.17) is 0 Å². The van der Waals surface area contributed by atoms with Crippen LogP contribution in [-0.2, 0) is 11.2 Å². The van der Waals surface area contributed by atoms with E-state index in [0.29, 0.717) is 18.7 Å². The second-order valence-electron chi connectivity index (χ2n) is 5.52. The average molecular weight is 330 g/mol. The summed E-state index contributed by atoms with van der Waals surface area (Å²) >= 11 is 0. The molecule has 0 bridgehead atoms. The Hall–Kier alpha value is -2.76. The smallest absolute Gasteiger partial charge is 0.265 e. The van der Waals surface area contributed by atoms with Crippen LogP contribution >= 0.6 is 0 Å². The van der Waals surface area contributed by atoms with Gasteiger partial charge in [-0.1, -0.05) is 24.3 Å². The van der Waals surface area contributed by atoms with Crippen LogP contribution < -0.4 is 10.2 Å². The number of nitrogens with one attached hydrogen (secondary N) is 1. The van der Waals surface area contributed by atoms with Crippen molar-refractivity contribution < 1.29 is 18.4 Å². The fourth-order valence-corrected chi connectivity index (χ4v) is 2.96. The fourth-order valence-electron chi connectivity index (χ4n) is 2.96. The number of carbonyl (C=O) groups is 2. The maximum absolute atomic E-state index is 14.0. The monoisotopic (exact) mass is 330 g/mol. The van der Waals surface area contributed by atoms with E-state index < -0.39 is 29.1 Å². The molecule has 0 saturated carbocycles. The lowest BCUT2D eigenvalue weighted by Gasteiger charge is -2.25. The highest BCUT2D eigenvalue weighted by Crippen LogP contribution is 2.34. The van der Waals surface area contributed by atoms with Crippen LogP contribution in [0.5, 0.6) is 0 Å². The molecule has 2 amide bonds. The van der Waals surface area contributed by atoms with E-state index >= 15 is 0 Å². The van der Waals surface area contributed by atoms with E-state index in [0.717, 1.165) is 17.7 Å². The number of anilines is 1. The zero-order valence-electron chi connectivity index (χ0n) is 13.1. The molecule has 0 aliphatic carbocycles.